The van der Waals surface area contributed by atoms with Gasteiger partial charge in [0.25, 0.3) is 5.69 Å². The standard InChI is InChI=1S/C9H12N2O5.ClH/c1-16-8-3-5(11(14)15)2-6(9(8)13)7(10)4-12;/h2-3,7,12-13H,4,10H2,1H3;1H/t7-;/m0./s1. The number of methoxy groups -OCH3 is 1. The van der Waals surface area contributed by atoms with Gasteiger partial charge in [-0.1, -0.05) is 0 Å². The van der Waals surface area contributed by atoms with Crippen molar-refractivity contribution in [1.29, 1.82) is 0 Å². The first kappa shape index (κ1) is 15.4. The summed E-state index contributed by atoms with van der Waals surface area (Å²) in [5.41, 5.74) is 5.32. The number of ether oxygens (including phenoxy) is 1. The lowest BCUT2D eigenvalue weighted by molar-refractivity contribution is -0.385. The van der Waals surface area contributed by atoms with Gasteiger partial charge >= 0.3 is 0 Å². The molecule has 0 saturated heterocycles. The van der Waals surface area contributed by atoms with E-state index in [0.29, 0.717) is 0 Å². The van der Waals surface area contributed by atoms with Gasteiger partial charge in [0, 0.05) is 11.6 Å². The molecule has 0 spiro atoms. The van der Waals surface area contributed by atoms with Gasteiger partial charge in [-0.25, -0.2) is 0 Å². The second kappa shape index (κ2) is 6.24. The molecule has 0 radical (unpaired) electrons. The van der Waals surface area contributed by atoms with Gasteiger partial charge in [-0.05, 0) is 0 Å². The van der Waals surface area contributed by atoms with Crippen molar-refractivity contribution in [3.05, 3.63) is 27.8 Å². The highest BCUT2D eigenvalue weighted by Gasteiger charge is 2.20. The molecule has 7 nitrogen and oxygen atoms in total. The predicted molar refractivity (Wildman–Crippen MR) is 62.6 cm³/mol. The van der Waals surface area contributed by atoms with Gasteiger partial charge in [0.05, 0.1) is 30.7 Å². The third-order valence-corrected chi connectivity index (χ3v) is 2.12. The van der Waals surface area contributed by atoms with E-state index < -0.39 is 17.6 Å². The number of nitrogens with zero attached hydrogens (tertiary/aromatic N) is 1. The summed E-state index contributed by atoms with van der Waals surface area (Å²) in [5, 5.41) is 29.1. The van der Waals surface area contributed by atoms with Gasteiger partial charge in [0.1, 0.15) is 0 Å². The summed E-state index contributed by atoms with van der Waals surface area (Å²) in [7, 11) is 1.27. The number of halogens is 1. The maximum atomic E-state index is 10.6. The lowest BCUT2D eigenvalue weighted by Crippen LogP contribution is -2.15. The van der Waals surface area contributed by atoms with Crippen LogP contribution in [0.1, 0.15) is 11.6 Å². The summed E-state index contributed by atoms with van der Waals surface area (Å²) in [6.45, 7) is -0.433. The van der Waals surface area contributed by atoms with Crippen LogP contribution in [0.5, 0.6) is 11.5 Å². The number of phenols is 1. The van der Waals surface area contributed by atoms with Crippen LogP contribution in [0, 0.1) is 10.1 Å². The second-order valence-corrected chi connectivity index (χ2v) is 3.13. The number of aliphatic hydroxyl groups excluding tert-OH is 1. The van der Waals surface area contributed by atoms with E-state index in [2.05, 4.69) is 0 Å². The zero-order valence-electron chi connectivity index (χ0n) is 8.99. The fourth-order valence-corrected chi connectivity index (χ4v) is 1.26. The Kier molecular flexibility index (Phi) is 5.66. The SMILES string of the molecule is COc1cc([N+](=O)[O-])cc([C@@H](N)CO)c1O.Cl. The first-order valence-electron chi connectivity index (χ1n) is 4.43. The second-order valence-electron chi connectivity index (χ2n) is 3.13. The Morgan fingerprint density at radius 1 is 1.59 bits per heavy atom. The highest BCUT2D eigenvalue weighted by atomic mass is 35.5. The number of aliphatic hydroxyl groups is 1. The molecule has 0 bridgehead atoms. The normalized spacial score (nSPS) is 11.5. The minimum absolute atomic E-state index is 0. The summed E-state index contributed by atoms with van der Waals surface area (Å²) in [6.07, 6.45) is 0. The molecule has 96 valence electrons. The van der Waals surface area contributed by atoms with Crippen molar-refractivity contribution in [2.75, 3.05) is 13.7 Å². The minimum Gasteiger partial charge on any atom is -0.504 e. The van der Waals surface area contributed by atoms with Crippen molar-refractivity contribution in [3.63, 3.8) is 0 Å². The molecule has 1 atom stereocenters. The van der Waals surface area contributed by atoms with Gasteiger partial charge in [-0.2, -0.15) is 0 Å². The topological polar surface area (TPSA) is 119 Å². The number of nitrogens with two attached hydrogens (primary N) is 1. The number of nitro groups is 1. The largest absolute Gasteiger partial charge is 0.504 e. The molecule has 0 fully saturated rings. The molecule has 0 heterocycles. The quantitative estimate of drug-likeness (QED) is 0.545. The lowest BCUT2D eigenvalue weighted by atomic mass is 10.1. The average Bonchev–Trinajstić information content (AvgIpc) is 2.28. The van der Waals surface area contributed by atoms with Crippen LogP contribution < -0.4 is 10.5 Å². The van der Waals surface area contributed by atoms with E-state index in [4.69, 9.17) is 15.6 Å². The Morgan fingerprint density at radius 3 is 2.59 bits per heavy atom. The maximum absolute atomic E-state index is 10.6. The Morgan fingerprint density at radius 2 is 2.18 bits per heavy atom. The monoisotopic (exact) mass is 264 g/mol. The van der Waals surface area contributed by atoms with Crippen molar-refractivity contribution in [2.45, 2.75) is 6.04 Å². The van der Waals surface area contributed by atoms with E-state index in [-0.39, 0.29) is 35.2 Å². The summed E-state index contributed by atoms with van der Waals surface area (Å²) in [5.74, 6) is -0.345. The van der Waals surface area contributed by atoms with Crippen molar-refractivity contribution >= 4 is 18.1 Å². The molecule has 1 rings (SSSR count). The van der Waals surface area contributed by atoms with Crippen LogP contribution in [0.2, 0.25) is 0 Å². The molecular formula is C9H13ClN2O5. The lowest BCUT2D eigenvalue weighted by Gasteiger charge is -2.13. The molecule has 17 heavy (non-hydrogen) atoms. The molecule has 0 aliphatic carbocycles. The van der Waals surface area contributed by atoms with Crippen LogP contribution in [-0.2, 0) is 0 Å². The summed E-state index contributed by atoms with van der Waals surface area (Å²) in [4.78, 5) is 9.98. The van der Waals surface area contributed by atoms with Crippen LogP contribution in [0.3, 0.4) is 0 Å². The number of aromatic hydroxyl groups is 1. The highest BCUT2D eigenvalue weighted by molar-refractivity contribution is 5.85. The molecule has 8 heteroatoms. The number of nitro benzene ring substituents is 1. The zero-order chi connectivity index (χ0) is 12.3. The summed E-state index contributed by atoms with van der Waals surface area (Å²) in [6, 6.07) is 1.30. The third-order valence-electron chi connectivity index (χ3n) is 2.12. The van der Waals surface area contributed by atoms with Crippen LogP contribution in [0.4, 0.5) is 5.69 Å². The Bertz CT molecular complexity index is 413. The molecule has 0 aliphatic rings. The average molecular weight is 265 g/mol. The van der Waals surface area contributed by atoms with E-state index in [9.17, 15) is 15.2 Å². The van der Waals surface area contributed by atoms with E-state index in [1.807, 2.05) is 0 Å². The van der Waals surface area contributed by atoms with Crippen molar-refractivity contribution < 1.29 is 19.9 Å². The van der Waals surface area contributed by atoms with Gasteiger partial charge in [-0.3, -0.25) is 10.1 Å². The van der Waals surface area contributed by atoms with Crippen LogP contribution in [-0.4, -0.2) is 28.9 Å². The van der Waals surface area contributed by atoms with Gasteiger partial charge in [-0.15, -0.1) is 12.4 Å². The Labute approximate surface area is 103 Å². The van der Waals surface area contributed by atoms with E-state index in [0.717, 1.165) is 12.1 Å². The number of benzene rings is 1. The predicted octanol–water partition coefficient (Wildman–Crippen LogP) is 0.723. The first-order valence-corrected chi connectivity index (χ1v) is 4.43. The molecule has 0 unspecified atom stereocenters. The smallest absolute Gasteiger partial charge is 0.273 e. The fraction of sp³-hybridized carbons (Fsp3) is 0.333. The van der Waals surface area contributed by atoms with Crippen molar-refractivity contribution in [1.82, 2.24) is 0 Å². The Hall–Kier alpha value is -1.57. The molecule has 4 N–H and O–H groups in total. The fourth-order valence-electron chi connectivity index (χ4n) is 1.26. The van der Waals surface area contributed by atoms with Gasteiger partial charge in [0.15, 0.2) is 11.5 Å². The number of hydrogen-bond donors (Lipinski definition) is 3. The summed E-state index contributed by atoms with van der Waals surface area (Å²) < 4.78 is 4.78. The molecule has 0 aromatic heterocycles. The van der Waals surface area contributed by atoms with E-state index in [1.165, 1.54) is 7.11 Å². The van der Waals surface area contributed by atoms with Gasteiger partial charge in [0.2, 0.25) is 0 Å². The molecule has 1 aromatic rings. The van der Waals surface area contributed by atoms with E-state index in [1.54, 1.807) is 0 Å². The first-order chi connectivity index (χ1) is 7.51. The van der Waals surface area contributed by atoms with Crippen molar-refractivity contribution in [2.24, 2.45) is 5.73 Å². The summed E-state index contributed by atoms with van der Waals surface area (Å²) >= 11 is 0. The maximum Gasteiger partial charge on any atom is 0.273 e. The van der Waals surface area contributed by atoms with Crippen molar-refractivity contribution in [3.8, 4) is 11.5 Å². The number of phenolic OH excluding ortho intramolecular Hbond substituents is 1. The molecule has 1 aromatic carbocycles. The van der Waals surface area contributed by atoms with Gasteiger partial charge < -0.3 is 20.7 Å². The van der Waals surface area contributed by atoms with Crippen LogP contribution in [0.15, 0.2) is 12.1 Å². The highest BCUT2D eigenvalue weighted by Crippen LogP contribution is 2.36. The molecule has 0 saturated carbocycles. The zero-order valence-corrected chi connectivity index (χ0v) is 9.81. The van der Waals surface area contributed by atoms with E-state index >= 15 is 0 Å². The number of non-ortho nitro benzene ring substituents is 1. The number of hydrogen-bond acceptors (Lipinski definition) is 6. The molecule has 0 amide bonds. The minimum atomic E-state index is -0.895. The van der Waals surface area contributed by atoms with Crippen LogP contribution in [0.25, 0.3) is 0 Å². The Balaban J connectivity index is 0.00000256. The van der Waals surface area contributed by atoms with Crippen LogP contribution >= 0.6 is 12.4 Å². The molecule has 0 aliphatic heterocycles. The third kappa shape index (κ3) is 3.19. The number of rotatable bonds is 4. The molecular weight excluding hydrogens is 252 g/mol.